The maximum Gasteiger partial charge on any atom is 0.269 e. The number of aliphatic hydroxyl groups is 3. The highest BCUT2D eigenvalue weighted by molar-refractivity contribution is 5.67. The maximum absolute atomic E-state index is 11.5. The summed E-state index contributed by atoms with van der Waals surface area (Å²) in [5.41, 5.74) is 1.41. The molecular formula is C18H18N2O7. The van der Waals surface area contributed by atoms with Gasteiger partial charge < -0.3 is 24.9 Å². The molecule has 1 saturated heterocycles. The molecule has 0 spiro atoms. The van der Waals surface area contributed by atoms with Crippen molar-refractivity contribution in [1.29, 1.82) is 0 Å². The molecule has 0 aliphatic carbocycles. The molecule has 27 heavy (non-hydrogen) atoms. The van der Waals surface area contributed by atoms with Crippen LogP contribution in [0.5, 0.6) is 0 Å². The number of pyridine rings is 1. The molecule has 1 aliphatic heterocycles. The first-order chi connectivity index (χ1) is 13.0. The normalized spacial score (nSPS) is 25.9. The molecule has 5 atom stereocenters. The third-order valence-corrected chi connectivity index (χ3v) is 4.60. The lowest BCUT2D eigenvalue weighted by molar-refractivity contribution is -0.384. The summed E-state index contributed by atoms with van der Waals surface area (Å²) >= 11 is 0. The molecule has 2 heterocycles. The topological polar surface area (TPSA) is 143 Å². The van der Waals surface area contributed by atoms with Gasteiger partial charge in [-0.15, -0.1) is 0 Å². The standard InChI is InChI=1S/C18H18N2O7/c21-8-13(10-1-4-12(5-2-10)20(25)26)14-6-3-11(7-19-14)18-17(24)16(23)15(9-22)27-18/h1-8,13,15-18,22-24H,9H2/t13?,15-,16-,17-,18+/m1/s1. The van der Waals surface area contributed by atoms with Crippen LogP contribution in [0.4, 0.5) is 5.69 Å². The fourth-order valence-corrected chi connectivity index (χ4v) is 3.07. The average Bonchev–Trinajstić information content (AvgIpc) is 2.98. The van der Waals surface area contributed by atoms with Gasteiger partial charge in [-0.25, -0.2) is 0 Å². The number of nitrogens with zero attached hydrogens (tertiary/aromatic N) is 2. The van der Waals surface area contributed by atoms with Crippen molar-refractivity contribution in [2.24, 2.45) is 0 Å². The van der Waals surface area contributed by atoms with Crippen molar-refractivity contribution in [3.05, 3.63) is 69.5 Å². The van der Waals surface area contributed by atoms with E-state index in [1.54, 1.807) is 12.1 Å². The number of rotatable bonds is 6. The van der Waals surface area contributed by atoms with E-state index in [1.807, 2.05) is 0 Å². The van der Waals surface area contributed by atoms with Gasteiger partial charge in [0.2, 0.25) is 0 Å². The van der Waals surface area contributed by atoms with Gasteiger partial charge in [0, 0.05) is 23.9 Å². The summed E-state index contributed by atoms with van der Waals surface area (Å²) in [4.78, 5) is 26.0. The molecule has 2 aromatic rings. The quantitative estimate of drug-likeness (QED) is 0.376. The van der Waals surface area contributed by atoms with Crippen LogP contribution in [0.2, 0.25) is 0 Å². The van der Waals surface area contributed by atoms with Crippen molar-refractivity contribution in [2.75, 3.05) is 6.61 Å². The average molecular weight is 374 g/mol. The van der Waals surface area contributed by atoms with E-state index in [0.717, 1.165) is 0 Å². The molecule has 1 aliphatic rings. The van der Waals surface area contributed by atoms with E-state index in [1.165, 1.54) is 30.5 Å². The fourth-order valence-electron chi connectivity index (χ4n) is 3.07. The van der Waals surface area contributed by atoms with Gasteiger partial charge >= 0.3 is 0 Å². The van der Waals surface area contributed by atoms with Gasteiger partial charge in [-0.3, -0.25) is 15.1 Å². The van der Waals surface area contributed by atoms with Crippen LogP contribution in [0.1, 0.15) is 28.8 Å². The smallest absolute Gasteiger partial charge is 0.269 e. The molecule has 1 aromatic carbocycles. The molecule has 3 N–H and O–H groups in total. The molecule has 1 aromatic heterocycles. The molecular weight excluding hydrogens is 356 g/mol. The molecule has 0 amide bonds. The van der Waals surface area contributed by atoms with E-state index in [9.17, 15) is 25.1 Å². The number of aliphatic hydroxyl groups excluding tert-OH is 3. The Labute approximate surface area is 154 Å². The zero-order chi connectivity index (χ0) is 19.6. The number of hydrogen-bond donors (Lipinski definition) is 3. The number of benzene rings is 1. The Morgan fingerprint density at radius 1 is 1.19 bits per heavy atom. The summed E-state index contributed by atoms with van der Waals surface area (Å²) in [7, 11) is 0. The number of nitro groups is 1. The van der Waals surface area contributed by atoms with Crippen molar-refractivity contribution in [3.63, 3.8) is 0 Å². The summed E-state index contributed by atoms with van der Waals surface area (Å²) < 4.78 is 5.44. The molecule has 3 rings (SSSR count). The zero-order valence-corrected chi connectivity index (χ0v) is 14.1. The molecule has 1 fully saturated rings. The van der Waals surface area contributed by atoms with Crippen molar-refractivity contribution in [2.45, 2.75) is 30.3 Å². The molecule has 0 bridgehead atoms. The van der Waals surface area contributed by atoms with Gasteiger partial charge in [0.1, 0.15) is 30.7 Å². The van der Waals surface area contributed by atoms with Gasteiger partial charge in [0.05, 0.1) is 23.1 Å². The molecule has 9 nitrogen and oxygen atoms in total. The van der Waals surface area contributed by atoms with Crippen LogP contribution < -0.4 is 0 Å². The van der Waals surface area contributed by atoms with Crippen LogP contribution >= 0.6 is 0 Å². The lowest BCUT2D eigenvalue weighted by Gasteiger charge is -2.16. The van der Waals surface area contributed by atoms with Crippen LogP contribution in [-0.4, -0.2) is 56.4 Å². The SMILES string of the molecule is O=CC(c1ccc([N+](=O)[O-])cc1)c1ccc([C@@H]2O[C@H](CO)[C@@H](O)[C@H]2O)cn1. The lowest BCUT2D eigenvalue weighted by atomic mass is 9.95. The second-order valence-corrected chi connectivity index (χ2v) is 6.24. The number of nitro benzene ring substituents is 1. The zero-order valence-electron chi connectivity index (χ0n) is 14.1. The van der Waals surface area contributed by atoms with Crippen molar-refractivity contribution in [3.8, 4) is 0 Å². The molecule has 142 valence electrons. The van der Waals surface area contributed by atoms with E-state index in [-0.39, 0.29) is 5.69 Å². The van der Waals surface area contributed by atoms with Crippen LogP contribution in [0.25, 0.3) is 0 Å². The monoisotopic (exact) mass is 374 g/mol. The Balaban J connectivity index is 1.81. The number of carbonyl (C=O) groups excluding carboxylic acids is 1. The summed E-state index contributed by atoms with van der Waals surface area (Å²) in [6.07, 6.45) is -2.01. The molecule has 0 radical (unpaired) electrons. The van der Waals surface area contributed by atoms with E-state index < -0.39 is 41.9 Å². The van der Waals surface area contributed by atoms with Crippen LogP contribution in [0.15, 0.2) is 42.6 Å². The number of carbonyl (C=O) groups is 1. The third kappa shape index (κ3) is 3.71. The Bertz CT molecular complexity index is 809. The van der Waals surface area contributed by atoms with Crippen molar-refractivity contribution < 1.29 is 29.8 Å². The minimum absolute atomic E-state index is 0.0731. The van der Waals surface area contributed by atoms with E-state index in [2.05, 4.69) is 4.98 Å². The van der Waals surface area contributed by atoms with E-state index in [4.69, 9.17) is 9.84 Å². The Hall–Kier alpha value is -2.72. The maximum atomic E-state index is 11.5. The largest absolute Gasteiger partial charge is 0.394 e. The minimum atomic E-state index is -1.21. The van der Waals surface area contributed by atoms with Gasteiger partial charge in [0.25, 0.3) is 5.69 Å². The Morgan fingerprint density at radius 3 is 2.37 bits per heavy atom. The van der Waals surface area contributed by atoms with Gasteiger partial charge in [-0.2, -0.15) is 0 Å². The number of non-ortho nitro benzene ring substituents is 1. The lowest BCUT2D eigenvalue weighted by Crippen LogP contribution is -2.32. The molecule has 9 heteroatoms. The highest BCUT2D eigenvalue weighted by Crippen LogP contribution is 2.33. The van der Waals surface area contributed by atoms with Gasteiger partial charge in [0.15, 0.2) is 0 Å². The second-order valence-electron chi connectivity index (χ2n) is 6.24. The van der Waals surface area contributed by atoms with Crippen molar-refractivity contribution in [1.82, 2.24) is 4.98 Å². The Morgan fingerprint density at radius 2 is 1.89 bits per heavy atom. The summed E-state index contributed by atoms with van der Waals surface area (Å²) in [6.45, 7) is -0.423. The van der Waals surface area contributed by atoms with Crippen LogP contribution in [0, 0.1) is 10.1 Å². The van der Waals surface area contributed by atoms with Gasteiger partial charge in [-0.1, -0.05) is 18.2 Å². The summed E-state index contributed by atoms with van der Waals surface area (Å²) in [6, 6.07) is 8.84. The van der Waals surface area contributed by atoms with E-state index in [0.29, 0.717) is 23.1 Å². The summed E-state index contributed by atoms with van der Waals surface area (Å²) in [5, 5.41) is 39.8. The first-order valence-electron chi connectivity index (χ1n) is 8.24. The highest BCUT2D eigenvalue weighted by atomic mass is 16.6. The number of aldehydes is 1. The van der Waals surface area contributed by atoms with Crippen molar-refractivity contribution >= 4 is 12.0 Å². The molecule has 1 unspecified atom stereocenters. The predicted octanol–water partition coefficient (Wildman–Crippen LogP) is 0.475. The minimum Gasteiger partial charge on any atom is -0.394 e. The van der Waals surface area contributed by atoms with Crippen LogP contribution in [-0.2, 0) is 9.53 Å². The number of hydrogen-bond acceptors (Lipinski definition) is 8. The number of aromatic nitrogens is 1. The predicted molar refractivity (Wildman–Crippen MR) is 92.0 cm³/mol. The third-order valence-electron chi connectivity index (χ3n) is 4.60. The van der Waals surface area contributed by atoms with Crippen LogP contribution in [0.3, 0.4) is 0 Å². The fraction of sp³-hybridized carbons (Fsp3) is 0.333. The number of ether oxygens (including phenoxy) is 1. The first-order valence-corrected chi connectivity index (χ1v) is 8.24. The highest BCUT2D eigenvalue weighted by Gasteiger charge is 2.43. The second kappa shape index (κ2) is 7.89. The first kappa shape index (κ1) is 19.1. The van der Waals surface area contributed by atoms with E-state index >= 15 is 0 Å². The summed E-state index contributed by atoms with van der Waals surface area (Å²) in [5.74, 6) is -0.704. The molecule has 0 saturated carbocycles. The Kier molecular flexibility index (Phi) is 5.57. The van der Waals surface area contributed by atoms with Gasteiger partial charge in [-0.05, 0) is 11.6 Å².